The van der Waals surface area contributed by atoms with E-state index < -0.39 is 0 Å². The van der Waals surface area contributed by atoms with Gasteiger partial charge < -0.3 is 20.1 Å². The van der Waals surface area contributed by atoms with Crippen molar-refractivity contribution >= 4 is 58.0 Å². The third kappa shape index (κ3) is 6.13. The van der Waals surface area contributed by atoms with E-state index in [9.17, 15) is 0 Å². The fourth-order valence-electron chi connectivity index (χ4n) is 2.17. The maximum absolute atomic E-state index is 6.17. The lowest BCUT2D eigenvalue weighted by molar-refractivity contribution is 0.355. The number of anilines is 1. The van der Waals surface area contributed by atoms with Crippen molar-refractivity contribution < 1.29 is 9.47 Å². The molecule has 0 unspecified atom stereocenters. The van der Waals surface area contributed by atoms with Crippen LogP contribution in [0.1, 0.15) is 5.56 Å². The predicted molar refractivity (Wildman–Crippen MR) is 116 cm³/mol. The Balaban J connectivity index is 1.74. The normalized spacial score (nSPS) is 10.3. The van der Waals surface area contributed by atoms with Gasteiger partial charge in [0.2, 0.25) is 0 Å². The summed E-state index contributed by atoms with van der Waals surface area (Å²) in [5, 5.41) is 8.25. The third-order valence-electron chi connectivity index (χ3n) is 3.48. The lowest BCUT2D eigenvalue weighted by Crippen LogP contribution is -2.30. The van der Waals surface area contributed by atoms with Crippen LogP contribution < -0.4 is 20.1 Å². The molecule has 8 heteroatoms. The van der Waals surface area contributed by atoms with Crippen LogP contribution in [-0.2, 0) is 5.75 Å². The van der Waals surface area contributed by atoms with Crippen LogP contribution in [0.15, 0.2) is 36.4 Å². The van der Waals surface area contributed by atoms with Gasteiger partial charge in [0.25, 0.3) is 0 Å². The number of rotatable bonds is 8. The van der Waals surface area contributed by atoms with Crippen LogP contribution in [0.4, 0.5) is 5.69 Å². The van der Waals surface area contributed by atoms with Gasteiger partial charge in [-0.25, -0.2) is 0 Å². The molecule has 0 saturated carbocycles. The number of ether oxygens (including phenoxy) is 2. The average Bonchev–Trinajstić information content (AvgIpc) is 2.63. The Morgan fingerprint density at radius 3 is 2.42 bits per heavy atom. The molecular weight excluding hydrogens is 411 g/mol. The van der Waals surface area contributed by atoms with Crippen molar-refractivity contribution in [3.63, 3.8) is 0 Å². The summed E-state index contributed by atoms with van der Waals surface area (Å²) in [5.41, 5.74) is 1.79. The zero-order chi connectivity index (χ0) is 18.9. The van der Waals surface area contributed by atoms with Crippen molar-refractivity contribution in [2.45, 2.75) is 5.75 Å². The van der Waals surface area contributed by atoms with Crippen molar-refractivity contribution in [1.29, 1.82) is 0 Å². The first-order valence-electron chi connectivity index (χ1n) is 7.82. The summed E-state index contributed by atoms with van der Waals surface area (Å²) in [4.78, 5) is 0. The molecule has 0 aliphatic rings. The van der Waals surface area contributed by atoms with E-state index in [0.29, 0.717) is 26.7 Å². The molecule has 4 nitrogen and oxygen atoms in total. The van der Waals surface area contributed by atoms with E-state index >= 15 is 0 Å². The van der Waals surface area contributed by atoms with Crippen LogP contribution in [0, 0.1) is 0 Å². The van der Waals surface area contributed by atoms with E-state index in [-0.39, 0.29) is 0 Å². The van der Waals surface area contributed by atoms with Gasteiger partial charge in [0.1, 0.15) is 0 Å². The molecule has 140 valence electrons. The molecular formula is C18H20Cl2N2O2S2. The van der Waals surface area contributed by atoms with Crippen LogP contribution in [-0.4, -0.2) is 31.6 Å². The molecule has 2 N–H and O–H groups in total. The highest BCUT2D eigenvalue weighted by molar-refractivity contribution is 7.98. The molecule has 26 heavy (non-hydrogen) atoms. The maximum atomic E-state index is 6.17. The van der Waals surface area contributed by atoms with Crippen molar-refractivity contribution in [2.75, 3.05) is 31.8 Å². The van der Waals surface area contributed by atoms with Gasteiger partial charge in [-0.2, -0.15) is 11.8 Å². The van der Waals surface area contributed by atoms with E-state index in [0.717, 1.165) is 29.3 Å². The first-order valence-corrected chi connectivity index (χ1v) is 10.1. The Morgan fingerprint density at radius 1 is 1.08 bits per heavy atom. The number of thioether (sulfide) groups is 1. The highest BCUT2D eigenvalue weighted by Gasteiger charge is 2.07. The number of benzene rings is 2. The number of hydrogen-bond acceptors (Lipinski definition) is 4. The fourth-order valence-corrected chi connectivity index (χ4v) is 3.99. The molecule has 2 aromatic rings. The number of nitrogens with one attached hydrogen (secondary N) is 2. The fraction of sp³-hybridized carbons (Fsp3) is 0.278. The molecule has 0 amide bonds. The molecule has 0 bridgehead atoms. The quantitative estimate of drug-likeness (QED) is 0.441. The Hall–Kier alpha value is -1.34. The van der Waals surface area contributed by atoms with Crippen molar-refractivity contribution in [2.24, 2.45) is 0 Å². The van der Waals surface area contributed by atoms with Crippen molar-refractivity contribution in [1.82, 2.24) is 5.32 Å². The van der Waals surface area contributed by atoms with Crippen molar-refractivity contribution in [3.05, 3.63) is 52.0 Å². The first-order chi connectivity index (χ1) is 12.5. The van der Waals surface area contributed by atoms with E-state index in [1.807, 2.05) is 36.4 Å². The monoisotopic (exact) mass is 430 g/mol. The van der Waals surface area contributed by atoms with Crippen molar-refractivity contribution in [3.8, 4) is 11.5 Å². The van der Waals surface area contributed by atoms with Crippen LogP contribution in [0.3, 0.4) is 0 Å². The topological polar surface area (TPSA) is 42.5 Å². The Kier molecular flexibility index (Phi) is 8.65. The van der Waals surface area contributed by atoms with Gasteiger partial charge in [-0.05, 0) is 42.0 Å². The molecule has 0 atom stereocenters. The van der Waals surface area contributed by atoms with Crippen LogP contribution in [0.2, 0.25) is 10.0 Å². The smallest absolute Gasteiger partial charge is 0.170 e. The van der Waals surface area contributed by atoms with Gasteiger partial charge in [-0.3, -0.25) is 0 Å². The van der Waals surface area contributed by atoms with E-state index in [4.69, 9.17) is 44.9 Å². The maximum Gasteiger partial charge on any atom is 0.170 e. The summed E-state index contributed by atoms with van der Waals surface area (Å²) < 4.78 is 10.5. The SMILES string of the molecule is COc1ccc(NC(=S)NCCSCc2c(Cl)cccc2Cl)cc1OC. The second-order valence-corrected chi connectivity index (χ2v) is 7.53. The minimum absolute atomic E-state index is 0.550. The number of halogens is 2. The van der Waals surface area contributed by atoms with E-state index in [2.05, 4.69) is 10.6 Å². The number of methoxy groups -OCH3 is 2. The summed E-state index contributed by atoms with van der Waals surface area (Å²) in [6.45, 7) is 0.728. The second-order valence-electron chi connectivity index (χ2n) is 5.20. The molecule has 2 aromatic carbocycles. The predicted octanol–water partition coefficient (Wildman–Crippen LogP) is 5.23. The van der Waals surface area contributed by atoms with Gasteiger partial charge in [0.05, 0.1) is 14.2 Å². The third-order valence-corrected chi connectivity index (χ3v) is 5.42. The lowest BCUT2D eigenvalue weighted by atomic mass is 10.2. The molecule has 0 aliphatic heterocycles. The Bertz CT molecular complexity index is 740. The molecule has 0 aliphatic carbocycles. The first kappa shape index (κ1) is 21.0. The van der Waals surface area contributed by atoms with Crippen LogP contribution in [0.5, 0.6) is 11.5 Å². The highest BCUT2D eigenvalue weighted by Crippen LogP contribution is 2.30. The molecule has 0 fully saturated rings. The standard InChI is InChI=1S/C18H20Cl2N2O2S2/c1-23-16-7-6-12(10-17(16)24-2)22-18(25)21-8-9-26-11-13-14(19)4-3-5-15(13)20/h3-7,10H,8-9,11H2,1-2H3,(H2,21,22,25). The minimum Gasteiger partial charge on any atom is -0.493 e. The zero-order valence-corrected chi connectivity index (χ0v) is 17.6. The van der Waals surface area contributed by atoms with Crippen LogP contribution >= 0.6 is 47.2 Å². The van der Waals surface area contributed by atoms with Gasteiger partial charge in [-0.15, -0.1) is 0 Å². The summed E-state index contributed by atoms with van der Waals surface area (Å²) in [6, 6.07) is 11.1. The molecule has 0 saturated heterocycles. The van der Waals surface area contributed by atoms with Gasteiger partial charge >= 0.3 is 0 Å². The summed E-state index contributed by atoms with van der Waals surface area (Å²) in [5.74, 6) is 2.95. The number of hydrogen-bond donors (Lipinski definition) is 2. The molecule has 2 rings (SSSR count). The highest BCUT2D eigenvalue weighted by atomic mass is 35.5. The van der Waals surface area contributed by atoms with Gasteiger partial charge in [-0.1, -0.05) is 29.3 Å². The van der Waals surface area contributed by atoms with Gasteiger partial charge in [0.15, 0.2) is 16.6 Å². The number of thiocarbonyl (C=S) groups is 1. The Morgan fingerprint density at radius 2 is 1.77 bits per heavy atom. The zero-order valence-electron chi connectivity index (χ0n) is 14.5. The lowest BCUT2D eigenvalue weighted by Gasteiger charge is -2.13. The van der Waals surface area contributed by atoms with Crippen LogP contribution in [0.25, 0.3) is 0 Å². The average molecular weight is 431 g/mol. The summed E-state index contributed by atoms with van der Waals surface area (Å²) in [7, 11) is 3.20. The van der Waals surface area contributed by atoms with E-state index in [1.54, 1.807) is 26.0 Å². The molecule has 0 spiro atoms. The second kappa shape index (κ2) is 10.7. The summed E-state index contributed by atoms with van der Waals surface area (Å²) in [6.07, 6.45) is 0. The molecule has 0 heterocycles. The van der Waals surface area contributed by atoms with E-state index in [1.165, 1.54) is 0 Å². The molecule has 0 aromatic heterocycles. The molecule has 0 radical (unpaired) electrons. The Labute approximate surface area is 173 Å². The minimum atomic E-state index is 0.550. The summed E-state index contributed by atoms with van der Waals surface area (Å²) >= 11 is 19.4. The largest absolute Gasteiger partial charge is 0.493 e. The van der Waals surface area contributed by atoms with Gasteiger partial charge in [0, 0.05) is 39.8 Å².